The summed E-state index contributed by atoms with van der Waals surface area (Å²) in [5.74, 6) is 0.0648. The lowest BCUT2D eigenvalue weighted by molar-refractivity contribution is -0.142. The van der Waals surface area contributed by atoms with Crippen LogP contribution in [0.15, 0.2) is 42.5 Å². The van der Waals surface area contributed by atoms with E-state index < -0.39 is 11.9 Å². The number of nitrogens with zero attached hydrogens (tertiary/aromatic N) is 3. The smallest absolute Gasteiger partial charge is 0.307 e. The van der Waals surface area contributed by atoms with Crippen LogP contribution in [-0.4, -0.2) is 25.8 Å². The topological polar surface area (TPSA) is 68.0 Å². The number of carbonyl (C=O) groups is 1. The molecule has 21 heavy (non-hydrogen) atoms. The van der Waals surface area contributed by atoms with Crippen LogP contribution in [0, 0.1) is 5.92 Å². The van der Waals surface area contributed by atoms with Crippen LogP contribution >= 0.6 is 0 Å². The highest BCUT2D eigenvalue weighted by molar-refractivity contribution is 5.71. The summed E-state index contributed by atoms with van der Waals surface area (Å²) in [4.78, 5) is 16.0. The fraction of sp³-hybridized carbons (Fsp3) is 0.312. The first-order valence-electron chi connectivity index (χ1n) is 7.01. The molecule has 0 radical (unpaired) electrons. The average Bonchev–Trinajstić information content (AvgIpc) is 2.90. The summed E-state index contributed by atoms with van der Waals surface area (Å²) < 4.78 is 1.71. The number of hydrogen-bond acceptors (Lipinski definition) is 3. The van der Waals surface area contributed by atoms with Crippen molar-refractivity contribution in [2.24, 2.45) is 13.0 Å². The predicted molar refractivity (Wildman–Crippen MR) is 78.7 cm³/mol. The van der Waals surface area contributed by atoms with Crippen LogP contribution in [0.25, 0.3) is 11.4 Å². The first kappa shape index (κ1) is 13.5. The third-order valence-electron chi connectivity index (χ3n) is 3.91. The number of rotatable bonds is 3. The summed E-state index contributed by atoms with van der Waals surface area (Å²) in [5, 5.41) is 13.8. The van der Waals surface area contributed by atoms with Crippen molar-refractivity contribution in [3.05, 3.63) is 48.3 Å². The van der Waals surface area contributed by atoms with Crippen molar-refractivity contribution < 1.29 is 9.90 Å². The molecule has 2 unspecified atom stereocenters. The van der Waals surface area contributed by atoms with E-state index in [4.69, 9.17) is 0 Å². The third-order valence-corrected chi connectivity index (χ3v) is 3.91. The Morgan fingerprint density at radius 1 is 1.24 bits per heavy atom. The standard InChI is InChI=1S/C16H17N3O2/c1-19-15(12-9-5-6-10-13(12)16(20)21)17-14(18-19)11-7-3-2-4-8-11/h2-8,12-13H,9-10H2,1H3,(H,20,21). The van der Waals surface area contributed by atoms with E-state index in [9.17, 15) is 9.90 Å². The van der Waals surface area contributed by atoms with E-state index in [1.807, 2.05) is 49.5 Å². The van der Waals surface area contributed by atoms with Crippen molar-refractivity contribution in [3.8, 4) is 11.4 Å². The SMILES string of the molecule is Cn1nc(-c2ccccc2)nc1C1CC=CCC1C(=O)O. The zero-order valence-electron chi connectivity index (χ0n) is 11.8. The van der Waals surface area contributed by atoms with Gasteiger partial charge in [0, 0.05) is 18.5 Å². The number of hydrogen-bond donors (Lipinski definition) is 1. The molecule has 0 amide bonds. The van der Waals surface area contributed by atoms with Crippen molar-refractivity contribution >= 4 is 5.97 Å². The summed E-state index contributed by atoms with van der Waals surface area (Å²) in [5.41, 5.74) is 0.942. The van der Waals surface area contributed by atoms with Gasteiger partial charge >= 0.3 is 5.97 Å². The average molecular weight is 283 g/mol. The minimum atomic E-state index is -0.770. The number of allylic oxidation sites excluding steroid dienone is 2. The van der Waals surface area contributed by atoms with Crippen LogP contribution in [-0.2, 0) is 11.8 Å². The molecule has 1 N–H and O–H groups in total. The van der Waals surface area contributed by atoms with Gasteiger partial charge in [-0.2, -0.15) is 5.10 Å². The molecule has 1 aliphatic carbocycles. The molecule has 1 aliphatic rings. The molecule has 0 fully saturated rings. The fourth-order valence-electron chi connectivity index (χ4n) is 2.80. The van der Waals surface area contributed by atoms with E-state index in [0.29, 0.717) is 18.7 Å². The molecular weight excluding hydrogens is 266 g/mol. The normalized spacial score (nSPS) is 21.4. The highest BCUT2D eigenvalue weighted by Gasteiger charge is 2.33. The molecule has 0 bridgehead atoms. The van der Waals surface area contributed by atoms with Crippen molar-refractivity contribution in [1.82, 2.24) is 14.8 Å². The molecule has 0 spiro atoms. The van der Waals surface area contributed by atoms with Gasteiger partial charge in [0.25, 0.3) is 0 Å². The zero-order valence-corrected chi connectivity index (χ0v) is 11.8. The molecule has 3 rings (SSSR count). The van der Waals surface area contributed by atoms with Gasteiger partial charge in [0.05, 0.1) is 5.92 Å². The number of aliphatic carboxylic acids is 1. The summed E-state index contributed by atoms with van der Waals surface area (Å²) >= 11 is 0. The van der Waals surface area contributed by atoms with Gasteiger partial charge < -0.3 is 5.11 Å². The first-order valence-corrected chi connectivity index (χ1v) is 7.01. The fourth-order valence-corrected chi connectivity index (χ4v) is 2.80. The second-order valence-electron chi connectivity index (χ2n) is 5.28. The maximum absolute atomic E-state index is 11.4. The molecule has 108 valence electrons. The Balaban J connectivity index is 1.97. The van der Waals surface area contributed by atoms with Crippen molar-refractivity contribution in [2.75, 3.05) is 0 Å². The number of aryl methyl sites for hydroxylation is 1. The van der Waals surface area contributed by atoms with Gasteiger partial charge in [-0.05, 0) is 12.8 Å². The minimum absolute atomic E-state index is 0.123. The monoisotopic (exact) mass is 283 g/mol. The molecule has 1 aromatic heterocycles. The van der Waals surface area contributed by atoms with E-state index >= 15 is 0 Å². The Morgan fingerprint density at radius 3 is 2.67 bits per heavy atom. The molecule has 1 heterocycles. The number of carboxylic acids is 1. The number of carboxylic acid groups (broad SMARTS) is 1. The van der Waals surface area contributed by atoms with Crippen LogP contribution in [0.4, 0.5) is 0 Å². The summed E-state index contributed by atoms with van der Waals surface area (Å²) in [6, 6.07) is 9.73. The lowest BCUT2D eigenvalue weighted by atomic mass is 9.82. The molecule has 0 saturated heterocycles. The number of benzene rings is 1. The molecule has 5 heteroatoms. The van der Waals surface area contributed by atoms with Gasteiger partial charge in [0.2, 0.25) is 0 Å². The van der Waals surface area contributed by atoms with Crippen LogP contribution < -0.4 is 0 Å². The lowest BCUT2D eigenvalue weighted by Crippen LogP contribution is -2.25. The van der Waals surface area contributed by atoms with E-state index in [-0.39, 0.29) is 5.92 Å². The van der Waals surface area contributed by atoms with E-state index in [1.54, 1.807) is 4.68 Å². The van der Waals surface area contributed by atoms with Gasteiger partial charge in [-0.15, -0.1) is 0 Å². The maximum Gasteiger partial charge on any atom is 0.307 e. The van der Waals surface area contributed by atoms with Gasteiger partial charge in [-0.3, -0.25) is 9.48 Å². The second kappa shape index (κ2) is 5.52. The first-order chi connectivity index (χ1) is 10.2. The minimum Gasteiger partial charge on any atom is -0.481 e. The largest absolute Gasteiger partial charge is 0.481 e. The van der Waals surface area contributed by atoms with E-state index in [0.717, 1.165) is 11.4 Å². The van der Waals surface area contributed by atoms with E-state index in [1.165, 1.54) is 0 Å². The summed E-state index contributed by atoms with van der Waals surface area (Å²) in [6.07, 6.45) is 5.20. The zero-order chi connectivity index (χ0) is 14.8. The van der Waals surface area contributed by atoms with E-state index in [2.05, 4.69) is 10.1 Å². The number of aromatic nitrogens is 3. The van der Waals surface area contributed by atoms with Crippen LogP contribution in [0.1, 0.15) is 24.6 Å². The predicted octanol–water partition coefficient (Wildman–Crippen LogP) is 2.62. The summed E-state index contributed by atoms with van der Waals surface area (Å²) in [7, 11) is 1.83. The Labute approximate surface area is 122 Å². The van der Waals surface area contributed by atoms with Gasteiger partial charge in [-0.1, -0.05) is 42.5 Å². The second-order valence-corrected chi connectivity index (χ2v) is 5.28. The molecule has 2 aromatic rings. The Kier molecular flexibility index (Phi) is 3.56. The van der Waals surface area contributed by atoms with Crippen molar-refractivity contribution in [2.45, 2.75) is 18.8 Å². The molecule has 0 aliphatic heterocycles. The lowest BCUT2D eigenvalue weighted by Gasteiger charge is -2.23. The molecule has 0 saturated carbocycles. The quantitative estimate of drug-likeness (QED) is 0.879. The van der Waals surface area contributed by atoms with Gasteiger partial charge in [0.1, 0.15) is 5.82 Å². The van der Waals surface area contributed by atoms with Crippen LogP contribution in [0.5, 0.6) is 0 Å². The van der Waals surface area contributed by atoms with Crippen molar-refractivity contribution in [1.29, 1.82) is 0 Å². The molecule has 5 nitrogen and oxygen atoms in total. The van der Waals surface area contributed by atoms with Crippen LogP contribution in [0.3, 0.4) is 0 Å². The van der Waals surface area contributed by atoms with Crippen molar-refractivity contribution in [3.63, 3.8) is 0 Å². The Bertz CT molecular complexity index is 676. The Morgan fingerprint density at radius 2 is 1.95 bits per heavy atom. The maximum atomic E-state index is 11.4. The summed E-state index contributed by atoms with van der Waals surface area (Å²) in [6.45, 7) is 0. The molecule has 1 aromatic carbocycles. The van der Waals surface area contributed by atoms with Gasteiger partial charge in [-0.25, -0.2) is 4.98 Å². The Hall–Kier alpha value is -2.43. The highest BCUT2D eigenvalue weighted by Crippen LogP contribution is 2.34. The highest BCUT2D eigenvalue weighted by atomic mass is 16.4. The molecular formula is C16H17N3O2. The molecule has 2 atom stereocenters. The third kappa shape index (κ3) is 2.59. The van der Waals surface area contributed by atoms with Gasteiger partial charge in [0.15, 0.2) is 5.82 Å². The van der Waals surface area contributed by atoms with Crippen LogP contribution in [0.2, 0.25) is 0 Å².